The molecule has 1 saturated carbocycles. The Bertz CT molecular complexity index is 293. The Morgan fingerprint density at radius 1 is 1.29 bits per heavy atom. The molecular formula is C14H23NO2. The number of rotatable bonds is 3. The van der Waals surface area contributed by atoms with Crippen LogP contribution in [-0.4, -0.2) is 23.2 Å². The first kappa shape index (κ1) is 12.6. The maximum absolute atomic E-state index is 11.9. The Kier molecular flexibility index (Phi) is 4.21. The SMILES string of the molecule is O=C(NCC1(O)CCCCC1)C1CC=CCC1. The van der Waals surface area contributed by atoms with E-state index in [1.807, 2.05) is 0 Å². The van der Waals surface area contributed by atoms with Crippen LogP contribution in [0.15, 0.2) is 12.2 Å². The molecule has 3 nitrogen and oxygen atoms in total. The minimum Gasteiger partial charge on any atom is -0.388 e. The number of hydrogen-bond donors (Lipinski definition) is 2. The van der Waals surface area contributed by atoms with Crippen LogP contribution in [0.25, 0.3) is 0 Å². The van der Waals surface area contributed by atoms with Crippen molar-refractivity contribution in [3.63, 3.8) is 0 Å². The van der Waals surface area contributed by atoms with Gasteiger partial charge in [0, 0.05) is 12.5 Å². The molecule has 1 unspecified atom stereocenters. The van der Waals surface area contributed by atoms with Crippen LogP contribution in [0.2, 0.25) is 0 Å². The Balaban J connectivity index is 1.76. The maximum atomic E-state index is 11.9. The molecule has 3 heteroatoms. The zero-order valence-corrected chi connectivity index (χ0v) is 10.5. The van der Waals surface area contributed by atoms with Crippen LogP contribution in [0.3, 0.4) is 0 Å². The first-order chi connectivity index (χ1) is 8.20. The summed E-state index contributed by atoms with van der Waals surface area (Å²) >= 11 is 0. The van der Waals surface area contributed by atoms with Crippen LogP contribution in [0, 0.1) is 5.92 Å². The summed E-state index contributed by atoms with van der Waals surface area (Å²) in [7, 11) is 0. The number of amides is 1. The summed E-state index contributed by atoms with van der Waals surface area (Å²) < 4.78 is 0. The highest BCUT2D eigenvalue weighted by molar-refractivity contribution is 5.79. The predicted molar refractivity (Wildman–Crippen MR) is 67.5 cm³/mol. The van der Waals surface area contributed by atoms with E-state index >= 15 is 0 Å². The molecule has 0 aromatic carbocycles. The summed E-state index contributed by atoms with van der Waals surface area (Å²) in [5.74, 6) is 0.237. The molecule has 0 heterocycles. The van der Waals surface area contributed by atoms with Crippen molar-refractivity contribution < 1.29 is 9.90 Å². The molecule has 0 aromatic rings. The number of aliphatic hydroxyl groups is 1. The molecule has 1 amide bonds. The van der Waals surface area contributed by atoms with Crippen molar-refractivity contribution in [3.05, 3.63) is 12.2 Å². The minimum atomic E-state index is -0.640. The van der Waals surface area contributed by atoms with Crippen molar-refractivity contribution in [1.29, 1.82) is 0 Å². The predicted octanol–water partition coefficient (Wildman–Crippen LogP) is 2.15. The average molecular weight is 237 g/mol. The number of nitrogens with one attached hydrogen (secondary N) is 1. The van der Waals surface area contributed by atoms with Gasteiger partial charge in [-0.1, -0.05) is 31.4 Å². The molecule has 2 aliphatic carbocycles. The zero-order chi connectivity index (χ0) is 12.1. The van der Waals surface area contributed by atoms with Gasteiger partial charge in [-0.2, -0.15) is 0 Å². The first-order valence-corrected chi connectivity index (χ1v) is 6.85. The van der Waals surface area contributed by atoms with E-state index < -0.39 is 5.60 Å². The van der Waals surface area contributed by atoms with Gasteiger partial charge < -0.3 is 10.4 Å². The normalized spacial score (nSPS) is 27.7. The topological polar surface area (TPSA) is 49.3 Å². The molecule has 0 radical (unpaired) electrons. The Hall–Kier alpha value is -0.830. The lowest BCUT2D eigenvalue weighted by molar-refractivity contribution is -0.126. The molecular weight excluding hydrogens is 214 g/mol. The first-order valence-electron chi connectivity index (χ1n) is 6.85. The Morgan fingerprint density at radius 2 is 2.06 bits per heavy atom. The Morgan fingerprint density at radius 3 is 2.71 bits per heavy atom. The van der Waals surface area contributed by atoms with Crippen molar-refractivity contribution in [2.24, 2.45) is 5.92 Å². The standard InChI is InChI=1S/C14H23NO2/c16-13(12-7-3-1-4-8-12)15-11-14(17)9-5-2-6-10-14/h1,3,12,17H,2,4-11H2,(H,15,16). The molecule has 17 heavy (non-hydrogen) atoms. The molecule has 2 rings (SSSR count). The van der Waals surface area contributed by atoms with E-state index in [1.54, 1.807) is 0 Å². The van der Waals surface area contributed by atoms with Crippen LogP contribution in [0.1, 0.15) is 51.4 Å². The van der Waals surface area contributed by atoms with E-state index in [0.717, 1.165) is 44.9 Å². The van der Waals surface area contributed by atoms with Crippen LogP contribution in [-0.2, 0) is 4.79 Å². The third-order valence-corrected chi connectivity index (χ3v) is 4.02. The third-order valence-electron chi connectivity index (χ3n) is 4.02. The van der Waals surface area contributed by atoms with Crippen LogP contribution >= 0.6 is 0 Å². The highest BCUT2D eigenvalue weighted by atomic mass is 16.3. The van der Waals surface area contributed by atoms with E-state index in [-0.39, 0.29) is 11.8 Å². The fraction of sp³-hybridized carbons (Fsp3) is 0.786. The van der Waals surface area contributed by atoms with Crippen molar-refractivity contribution in [3.8, 4) is 0 Å². The lowest BCUT2D eigenvalue weighted by Crippen LogP contribution is -2.45. The summed E-state index contributed by atoms with van der Waals surface area (Å²) in [5.41, 5.74) is -0.640. The van der Waals surface area contributed by atoms with Crippen molar-refractivity contribution in [2.45, 2.75) is 57.0 Å². The smallest absolute Gasteiger partial charge is 0.223 e. The van der Waals surface area contributed by atoms with Crippen LogP contribution < -0.4 is 5.32 Å². The largest absolute Gasteiger partial charge is 0.388 e. The second-order valence-electron chi connectivity index (χ2n) is 5.48. The molecule has 0 saturated heterocycles. The molecule has 0 aliphatic heterocycles. The molecule has 0 spiro atoms. The summed E-state index contributed by atoms with van der Waals surface area (Å²) in [6, 6.07) is 0. The van der Waals surface area contributed by atoms with Crippen LogP contribution in [0.4, 0.5) is 0 Å². The highest BCUT2D eigenvalue weighted by Crippen LogP contribution is 2.27. The summed E-state index contributed by atoms with van der Waals surface area (Å²) in [5, 5.41) is 13.2. The second kappa shape index (κ2) is 5.67. The van der Waals surface area contributed by atoms with Gasteiger partial charge in [-0.05, 0) is 32.1 Å². The highest BCUT2D eigenvalue weighted by Gasteiger charge is 2.30. The molecule has 96 valence electrons. The number of carbonyl (C=O) groups is 1. The lowest BCUT2D eigenvalue weighted by atomic mass is 9.84. The molecule has 0 bridgehead atoms. The number of allylic oxidation sites excluding steroid dienone is 2. The van der Waals surface area contributed by atoms with Gasteiger partial charge in [0.1, 0.15) is 0 Å². The number of hydrogen-bond acceptors (Lipinski definition) is 2. The fourth-order valence-corrected chi connectivity index (χ4v) is 2.81. The van der Waals surface area contributed by atoms with Crippen molar-refractivity contribution in [2.75, 3.05) is 6.54 Å². The van der Waals surface area contributed by atoms with E-state index in [9.17, 15) is 9.90 Å². The minimum absolute atomic E-state index is 0.118. The molecule has 1 fully saturated rings. The van der Waals surface area contributed by atoms with E-state index in [2.05, 4.69) is 17.5 Å². The molecule has 0 aromatic heterocycles. The lowest BCUT2D eigenvalue weighted by Gasteiger charge is -2.32. The van der Waals surface area contributed by atoms with Gasteiger partial charge in [0.05, 0.1) is 5.60 Å². The van der Waals surface area contributed by atoms with Gasteiger partial charge in [0.2, 0.25) is 5.91 Å². The maximum Gasteiger partial charge on any atom is 0.223 e. The van der Waals surface area contributed by atoms with Crippen LogP contribution in [0.5, 0.6) is 0 Å². The number of carbonyl (C=O) groups excluding carboxylic acids is 1. The fourth-order valence-electron chi connectivity index (χ4n) is 2.81. The second-order valence-corrected chi connectivity index (χ2v) is 5.48. The Labute approximate surface area is 103 Å². The van der Waals surface area contributed by atoms with Gasteiger partial charge in [-0.3, -0.25) is 4.79 Å². The van der Waals surface area contributed by atoms with Gasteiger partial charge >= 0.3 is 0 Å². The van der Waals surface area contributed by atoms with E-state index in [0.29, 0.717) is 6.54 Å². The van der Waals surface area contributed by atoms with Crippen molar-refractivity contribution >= 4 is 5.91 Å². The van der Waals surface area contributed by atoms with Gasteiger partial charge in [-0.25, -0.2) is 0 Å². The monoisotopic (exact) mass is 237 g/mol. The summed E-state index contributed by atoms with van der Waals surface area (Å²) in [6.45, 7) is 0.437. The molecule has 2 N–H and O–H groups in total. The van der Waals surface area contributed by atoms with Gasteiger partial charge in [0.15, 0.2) is 0 Å². The van der Waals surface area contributed by atoms with Gasteiger partial charge in [-0.15, -0.1) is 0 Å². The average Bonchev–Trinajstić information content (AvgIpc) is 2.38. The van der Waals surface area contributed by atoms with Gasteiger partial charge in [0.25, 0.3) is 0 Å². The molecule has 1 atom stereocenters. The quantitative estimate of drug-likeness (QED) is 0.739. The third kappa shape index (κ3) is 3.56. The summed E-state index contributed by atoms with van der Waals surface area (Å²) in [6.07, 6.45) is 12.1. The van der Waals surface area contributed by atoms with Crippen molar-refractivity contribution in [1.82, 2.24) is 5.32 Å². The van der Waals surface area contributed by atoms with E-state index in [4.69, 9.17) is 0 Å². The zero-order valence-electron chi connectivity index (χ0n) is 10.5. The molecule has 2 aliphatic rings. The van der Waals surface area contributed by atoms with E-state index in [1.165, 1.54) is 6.42 Å². The summed E-state index contributed by atoms with van der Waals surface area (Å²) in [4.78, 5) is 11.9.